The Morgan fingerprint density at radius 2 is 1.92 bits per heavy atom. The number of benzene rings is 1. The summed E-state index contributed by atoms with van der Waals surface area (Å²) in [4.78, 5) is 13.9. The van der Waals surface area contributed by atoms with Crippen molar-refractivity contribution in [1.82, 2.24) is 10.2 Å². The maximum atomic E-state index is 12.1. The highest BCUT2D eigenvalue weighted by Gasteiger charge is 2.32. The van der Waals surface area contributed by atoms with Gasteiger partial charge in [-0.25, -0.2) is 4.79 Å². The molecule has 1 N–H and O–H groups in total. The number of methoxy groups -OCH3 is 2. The molecule has 1 aliphatic carbocycles. The number of rotatable bonds is 9. The molecule has 1 saturated carbocycles. The number of hydrogen-bond donors (Lipinski definition) is 1. The Bertz CT molecular complexity index is 570. The van der Waals surface area contributed by atoms with Crippen LogP contribution in [-0.4, -0.2) is 45.3 Å². The van der Waals surface area contributed by atoms with Crippen LogP contribution in [0.2, 0.25) is 0 Å². The van der Waals surface area contributed by atoms with Gasteiger partial charge in [0.05, 0.1) is 14.2 Å². The third-order valence-electron chi connectivity index (χ3n) is 4.81. The average Bonchev–Trinajstić information content (AvgIpc) is 3.44. The molecule has 0 spiro atoms. The van der Waals surface area contributed by atoms with Crippen LogP contribution in [0.5, 0.6) is 11.5 Å². The van der Waals surface area contributed by atoms with Crippen molar-refractivity contribution in [1.29, 1.82) is 0 Å². The SMILES string of the molecule is COc1ccc(C(CCN(C)C(=O)NCC(C)C)C2CC2)cc1OC. The predicted octanol–water partition coefficient (Wildman–Crippen LogP) is 3.88. The molecule has 0 radical (unpaired) electrons. The van der Waals surface area contributed by atoms with E-state index in [0.717, 1.165) is 24.5 Å². The largest absolute Gasteiger partial charge is 0.493 e. The number of carbonyl (C=O) groups is 1. The van der Waals surface area contributed by atoms with Gasteiger partial charge in [0.25, 0.3) is 0 Å². The number of nitrogens with zero attached hydrogens (tertiary/aromatic N) is 1. The first-order valence-electron chi connectivity index (χ1n) is 9.17. The zero-order valence-corrected chi connectivity index (χ0v) is 16.2. The van der Waals surface area contributed by atoms with Gasteiger partial charge in [0.2, 0.25) is 0 Å². The van der Waals surface area contributed by atoms with Crippen molar-refractivity contribution < 1.29 is 14.3 Å². The Hall–Kier alpha value is -1.91. The molecule has 5 nitrogen and oxygen atoms in total. The molecule has 5 heteroatoms. The van der Waals surface area contributed by atoms with Gasteiger partial charge in [0.15, 0.2) is 11.5 Å². The zero-order valence-electron chi connectivity index (χ0n) is 16.2. The van der Waals surface area contributed by atoms with Crippen LogP contribution in [0.4, 0.5) is 4.79 Å². The summed E-state index contributed by atoms with van der Waals surface area (Å²) in [6, 6.07) is 6.20. The van der Waals surface area contributed by atoms with E-state index in [1.807, 2.05) is 13.1 Å². The van der Waals surface area contributed by atoms with E-state index in [2.05, 4.69) is 31.3 Å². The van der Waals surface area contributed by atoms with Crippen LogP contribution in [0, 0.1) is 11.8 Å². The Morgan fingerprint density at radius 3 is 2.48 bits per heavy atom. The van der Waals surface area contributed by atoms with E-state index < -0.39 is 0 Å². The molecule has 1 atom stereocenters. The molecule has 25 heavy (non-hydrogen) atoms. The van der Waals surface area contributed by atoms with Crippen molar-refractivity contribution in [2.75, 3.05) is 34.4 Å². The summed E-state index contributed by atoms with van der Waals surface area (Å²) < 4.78 is 10.8. The maximum absolute atomic E-state index is 12.1. The molecular weight excluding hydrogens is 316 g/mol. The molecule has 1 aliphatic rings. The summed E-state index contributed by atoms with van der Waals surface area (Å²) in [5, 5.41) is 2.97. The van der Waals surface area contributed by atoms with E-state index in [-0.39, 0.29) is 6.03 Å². The second-order valence-electron chi connectivity index (χ2n) is 7.35. The summed E-state index contributed by atoms with van der Waals surface area (Å²) in [7, 11) is 5.19. The number of carbonyl (C=O) groups excluding carboxylic acids is 1. The number of urea groups is 1. The lowest BCUT2D eigenvalue weighted by Gasteiger charge is -2.23. The minimum atomic E-state index is 0.00978. The standard InChI is InChI=1S/C20H32N2O3/c1-14(2)13-21-20(23)22(3)11-10-17(15-6-7-15)16-8-9-18(24-4)19(12-16)25-5/h8-9,12,14-15,17H,6-7,10-11,13H2,1-5H3,(H,21,23). The molecule has 140 valence electrons. The van der Waals surface area contributed by atoms with Crippen molar-refractivity contribution in [2.45, 2.75) is 39.0 Å². The fourth-order valence-corrected chi connectivity index (χ4v) is 3.12. The average molecular weight is 348 g/mol. The highest BCUT2D eigenvalue weighted by atomic mass is 16.5. The predicted molar refractivity (Wildman–Crippen MR) is 100 cm³/mol. The first-order chi connectivity index (χ1) is 12.0. The third kappa shape index (κ3) is 5.55. The quantitative estimate of drug-likeness (QED) is 0.737. The number of ether oxygens (including phenoxy) is 2. The Morgan fingerprint density at radius 1 is 1.24 bits per heavy atom. The smallest absolute Gasteiger partial charge is 0.317 e. The van der Waals surface area contributed by atoms with E-state index in [0.29, 0.717) is 24.3 Å². The summed E-state index contributed by atoms with van der Waals surface area (Å²) >= 11 is 0. The van der Waals surface area contributed by atoms with Crippen LogP contribution in [0.15, 0.2) is 18.2 Å². The van der Waals surface area contributed by atoms with Crippen molar-refractivity contribution in [3.63, 3.8) is 0 Å². The molecule has 1 aromatic carbocycles. The van der Waals surface area contributed by atoms with Gasteiger partial charge in [-0.05, 0) is 54.7 Å². The zero-order chi connectivity index (χ0) is 18.4. The van der Waals surface area contributed by atoms with E-state index in [4.69, 9.17) is 9.47 Å². The minimum Gasteiger partial charge on any atom is -0.493 e. The molecule has 0 bridgehead atoms. The highest BCUT2D eigenvalue weighted by Crippen LogP contribution is 2.46. The Balaban J connectivity index is 1.98. The molecule has 0 saturated heterocycles. The van der Waals surface area contributed by atoms with Crippen molar-refractivity contribution in [3.8, 4) is 11.5 Å². The van der Waals surface area contributed by atoms with E-state index in [9.17, 15) is 4.79 Å². The highest BCUT2D eigenvalue weighted by molar-refractivity contribution is 5.73. The fraction of sp³-hybridized carbons (Fsp3) is 0.650. The second-order valence-corrected chi connectivity index (χ2v) is 7.35. The maximum Gasteiger partial charge on any atom is 0.317 e. The van der Waals surface area contributed by atoms with Crippen LogP contribution in [0.25, 0.3) is 0 Å². The third-order valence-corrected chi connectivity index (χ3v) is 4.81. The molecule has 1 aromatic rings. The van der Waals surface area contributed by atoms with E-state index >= 15 is 0 Å². The van der Waals surface area contributed by atoms with Crippen molar-refractivity contribution >= 4 is 6.03 Å². The van der Waals surface area contributed by atoms with Gasteiger partial charge < -0.3 is 19.7 Å². The van der Waals surface area contributed by atoms with Crippen LogP contribution in [0.3, 0.4) is 0 Å². The Kier molecular flexibility index (Phi) is 6.97. The lowest BCUT2D eigenvalue weighted by Crippen LogP contribution is -2.39. The Labute approximate surface area is 151 Å². The van der Waals surface area contributed by atoms with Crippen LogP contribution in [0.1, 0.15) is 44.6 Å². The van der Waals surface area contributed by atoms with Gasteiger partial charge in [-0.3, -0.25) is 0 Å². The molecular formula is C20H32N2O3. The number of amides is 2. The number of nitrogens with one attached hydrogen (secondary N) is 1. The molecule has 2 amide bonds. The summed E-state index contributed by atoms with van der Waals surface area (Å²) in [6.07, 6.45) is 3.50. The summed E-state index contributed by atoms with van der Waals surface area (Å²) in [5.74, 6) is 3.16. The van der Waals surface area contributed by atoms with Crippen LogP contribution in [-0.2, 0) is 0 Å². The van der Waals surface area contributed by atoms with Crippen LogP contribution < -0.4 is 14.8 Å². The molecule has 0 aromatic heterocycles. The number of hydrogen-bond acceptors (Lipinski definition) is 3. The van der Waals surface area contributed by atoms with Gasteiger partial charge in [0, 0.05) is 20.1 Å². The molecule has 1 fully saturated rings. The topological polar surface area (TPSA) is 50.8 Å². The summed E-state index contributed by atoms with van der Waals surface area (Å²) in [5.41, 5.74) is 1.27. The lowest BCUT2D eigenvalue weighted by molar-refractivity contribution is 0.205. The summed E-state index contributed by atoms with van der Waals surface area (Å²) in [6.45, 7) is 5.66. The first kappa shape index (κ1) is 19.4. The minimum absolute atomic E-state index is 0.00978. The molecule has 0 aliphatic heterocycles. The van der Waals surface area contributed by atoms with Gasteiger partial charge in [-0.15, -0.1) is 0 Å². The van der Waals surface area contributed by atoms with E-state index in [1.165, 1.54) is 18.4 Å². The molecule has 0 heterocycles. The normalized spacial score (nSPS) is 15.0. The van der Waals surface area contributed by atoms with Crippen LogP contribution >= 0.6 is 0 Å². The van der Waals surface area contributed by atoms with Gasteiger partial charge in [-0.1, -0.05) is 19.9 Å². The second kappa shape index (κ2) is 8.97. The fourth-order valence-electron chi connectivity index (χ4n) is 3.12. The van der Waals surface area contributed by atoms with Crippen molar-refractivity contribution in [2.24, 2.45) is 11.8 Å². The lowest BCUT2D eigenvalue weighted by atomic mass is 9.90. The first-order valence-corrected chi connectivity index (χ1v) is 9.17. The monoisotopic (exact) mass is 348 g/mol. The molecule has 2 rings (SSSR count). The van der Waals surface area contributed by atoms with Crippen molar-refractivity contribution in [3.05, 3.63) is 23.8 Å². The van der Waals surface area contributed by atoms with E-state index in [1.54, 1.807) is 19.1 Å². The van der Waals surface area contributed by atoms with Gasteiger partial charge >= 0.3 is 6.03 Å². The van der Waals surface area contributed by atoms with Gasteiger partial charge in [-0.2, -0.15) is 0 Å². The van der Waals surface area contributed by atoms with Gasteiger partial charge in [0.1, 0.15) is 0 Å². The molecule has 1 unspecified atom stereocenters.